The molecule has 310 valence electrons. The molecule has 0 amide bonds. The largest absolute Gasteiger partial charge is 0.455 e. The molecular weight excluding hydrogens is 799 g/mol. The van der Waals surface area contributed by atoms with Crippen LogP contribution >= 0.6 is 0 Å². The van der Waals surface area contributed by atoms with Gasteiger partial charge < -0.3 is 9.32 Å². The molecule has 0 bridgehead atoms. The molecule has 1 heterocycles. The predicted octanol–water partition coefficient (Wildman–Crippen LogP) is 17.0. The van der Waals surface area contributed by atoms with Crippen molar-refractivity contribution < 1.29 is 4.42 Å². The molecule has 10 aromatic carbocycles. The molecular formula is C64H43NO. The Hall–Kier alpha value is -8.20. The highest BCUT2D eigenvalue weighted by Crippen LogP contribution is 2.65. The molecule has 0 aliphatic heterocycles. The molecule has 0 saturated carbocycles. The summed E-state index contributed by atoms with van der Waals surface area (Å²) in [6.07, 6.45) is 0. The average Bonchev–Trinajstić information content (AvgIpc) is 4.07. The first-order chi connectivity index (χ1) is 32.5. The Balaban J connectivity index is 0.951. The maximum Gasteiger partial charge on any atom is 0.143 e. The summed E-state index contributed by atoms with van der Waals surface area (Å²) in [6.45, 7) is 4.72. The molecule has 0 radical (unpaired) electrons. The first-order valence-electron chi connectivity index (χ1n) is 23.1. The molecule has 1 unspecified atom stereocenters. The Labute approximate surface area is 384 Å². The van der Waals surface area contributed by atoms with Gasteiger partial charge in [0.15, 0.2) is 0 Å². The summed E-state index contributed by atoms with van der Waals surface area (Å²) in [7, 11) is 0. The van der Waals surface area contributed by atoms with Crippen LogP contribution in [0, 0.1) is 0 Å². The first kappa shape index (κ1) is 37.2. The van der Waals surface area contributed by atoms with Crippen LogP contribution in [0.15, 0.2) is 229 Å². The fraction of sp³-hybridized carbons (Fsp3) is 0.0625. The Morgan fingerprint density at radius 2 is 0.909 bits per heavy atom. The first-order valence-corrected chi connectivity index (χ1v) is 23.1. The van der Waals surface area contributed by atoms with E-state index < -0.39 is 5.41 Å². The molecule has 0 fully saturated rings. The number of rotatable bonds is 5. The van der Waals surface area contributed by atoms with Gasteiger partial charge in [-0.15, -0.1) is 0 Å². The highest BCUT2D eigenvalue weighted by Gasteiger charge is 2.53. The lowest BCUT2D eigenvalue weighted by molar-refractivity contribution is 0.660. The Morgan fingerprint density at radius 1 is 0.348 bits per heavy atom. The molecule has 1 aromatic heterocycles. The second kappa shape index (κ2) is 13.7. The Bertz CT molecular complexity index is 3800. The summed E-state index contributed by atoms with van der Waals surface area (Å²) in [6, 6.07) is 83.0. The van der Waals surface area contributed by atoms with Gasteiger partial charge in [0.1, 0.15) is 11.2 Å². The van der Waals surface area contributed by atoms with E-state index in [1.54, 1.807) is 0 Å². The third-order valence-corrected chi connectivity index (χ3v) is 15.1. The van der Waals surface area contributed by atoms with Gasteiger partial charge in [-0.2, -0.15) is 0 Å². The third-order valence-electron chi connectivity index (χ3n) is 15.1. The third kappa shape index (κ3) is 4.91. The van der Waals surface area contributed by atoms with Gasteiger partial charge in [-0.05, 0) is 114 Å². The summed E-state index contributed by atoms with van der Waals surface area (Å²) >= 11 is 0. The van der Waals surface area contributed by atoms with Crippen LogP contribution in [0.25, 0.3) is 77.6 Å². The zero-order chi connectivity index (χ0) is 43.7. The van der Waals surface area contributed by atoms with Crippen LogP contribution in [0.4, 0.5) is 17.1 Å². The smallest absolute Gasteiger partial charge is 0.143 e. The van der Waals surface area contributed by atoms with E-state index in [2.05, 4.69) is 243 Å². The molecule has 1 spiro atoms. The molecule has 3 aliphatic rings. The van der Waals surface area contributed by atoms with Crippen molar-refractivity contribution >= 4 is 39.0 Å². The second-order valence-electron chi connectivity index (χ2n) is 18.7. The fourth-order valence-corrected chi connectivity index (χ4v) is 12.3. The predicted molar refractivity (Wildman–Crippen MR) is 273 cm³/mol. The summed E-state index contributed by atoms with van der Waals surface area (Å²) < 4.78 is 6.79. The number of nitrogens with zero attached hydrogens (tertiary/aromatic N) is 1. The lowest BCUT2D eigenvalue weighted by Crippen LogP contribution is -2.25. The van der Waals surface area contributed by atoms with E-state index in [1.165, 1.54) is 89.0 Å². The van der Waals surface area contributed by atoms with Crippen LogP contribution in [0.3, 0.4) is 0 Å². The van der Waals surface area contributed by atoms with Gasteiger partial charge >= 0.3 is 0 Å². The second-order valence-corrected chi connectivity index (χ2v) is 18.7. The number of anilines is 3. The number of benzene rings is 10. The van der Waals surface area contributed by atoms with Crippen molar-refractivity contribution in [1.29, 1.82) is 0 Å². The minimum atomic E-state index is -0.500. The number of fused-ring (bicyclic) bond motifs is 17. The van der Waals surface area contributed by atoms with Crippen molar-refractivity contribution in [1.82, 2.24) is 0 Å². The standard InChI is InChI=1S/C64H43NO/c1-63(2)52-25-11-6-20-46(52)47-36-35-43(39-57(47)63)65(58-29-14-9-19-44(58)40-17-4-3-5-18-40)42-33-31-41(32-34-42)45-24-16-28-55-60(45)50-22-7-12-26-53(50)64(55)54-27-13-8-23-51(54)61-56(64)38-37-49-48-21-10-15-30-59(48)66-62(49)61/h3-39H,1-2H3. The molecule has 11 aromatic rings. The van der Waals surface area contributed by atoms with Crippen molar-refractivity contribution in [2.24, 2.45) is 0 Å². The summed E-state index contributed by atoms with van der Waals surface area (Å²) in [5, 5.41) is 2.31. The number of furan rings is 1. The minimum Gasteiger partial charge on any atom is -0.455 e. The topological polar surface area (TPSA) is 16.4 Å². The van der Waals surface area contributed by atoms with Crippen molar-refractivity contribution in [3.05, 3.63) is 258 Å². The Kier molecular flexibility index (Phi) is 7.70. The molecule has 0 saturated heterocycles. The van der Waals surface area contributed by atoms with E-state index in [4.69, 9.17) is 4.42 Å². The van der Waals surface area contributed by atoms with Crippen LogP contribution in [0.1, 0.15) is 47.2 Å². The van der Waals surface area contributed by atoms with E-state index in [0.717, 1.165) is 39.0 Å². The van der Waals surface area contributed by atoms with Gasteiger partial charge in [0.2, 0.25) is 0 Å². The van der Waals surface area contributed by atoms with E-state index >= 15 is 0 Å². The zero-order valence-electron chi connectivity index (χ0n) is 36.7. The molecule has 3 aliphatic carbocycles. The fourth-order valence-electron chi connectivity index (χ4n) is 12.3. The highest BCUT2D eigenvalue weighted by atomic mass is 16.3. The number of hydrogen-bond donors (Lipinski definition) is 0. The maximum absolute atomic E-state index is 6.79. The van der Waals surface area contributed by atoms with Gasteiger partial charge in [-0.3, -0.25) is 0 Å². The van der Waals surface area contributed by atoms with Crippen molar-refractivity contribution in [3.63, 3.8) is 0 Å². The van der Waals surface area contributed by atoms with Gasteiger partial charge in [0, 0.05) is 38.7 Å². The van der Waals surface area contributed by atoms with Gasteiger partial charge in [0.05, 0.1) is 11.1 Å². The molecule has 0 N–H and O–H groups in total. The molecule has 1 atom stereocenters. The highest BCUT2D eigenvalue weighted by molar-refractivity contribution is 6.13. The number of hydrogen-bond acceptors (Lipinski definition) is 2. The van der Waals surface area contributed by atoms with E-state index in [0.29, 0.717) is 0 Å². The lowest BCUT2D eigenvalue weighted by Gasteiger charge is -2.30. The van der Waals surface area contributed by atoms with Gasteiger partial charge in [0.25, 0.3) is 0 Å². The van der Waals surface area contributed by atoms with Crippen LogP contribution in [0.2, 0.25) is 0 Å². The summed E-state index contributed by atoms with van der Waals surface area (Å²) in [4.78, 5) is 2.45. The lowest BCUT2D eigenvalue weighted by atomic mass is 9.70. The van der Waals surface area contributed by atoms with Crippen molar-refractivity contribution in [3.8, 4) is 55.6 Å². The van der Waals surface area contributed by atoms with Crippen molar-refractivity contribution in [2.45, 2.75) is 24.7 Å². The number of para-hydroxylation sites is 2. The van der Waals surface area contributed by atoms with E-state index in [-0.39, 0.29) is 5.41 Å². The van der Waals surface area contributed by atoms with Crippen LogP contribution in [-0.4, -0.2) is 0 Å². The average molecular weight is 842 g/mol. The van der Waals surface area contributed by atoms with Gasteiger partial charge in [-0.1, -0.05) is 202 Å². The van der Waals surface area contributed by atoms with E-state index in [9.17, 15) is 0 Å². The molecule has 66 heavy (non-hydrogen) atoms. The monoisotopic (exact) mass is 841 g/mol. The minimum absolute atomic E-state index is 0.129. The Morgan fingerprint density at radius 3 is 1.70 bits per heavy atom. The zero-order valence-corrected chi connectivity index (χ0v) is 36.7. The van der Waals surface area contributed by atoms with E-state index in [1.807, 2.05) is 0 Å². The summed E-state index contributed by atoms with van der Waals surface area (Å²) in [5.74, 6) is 0. The summed E-state index contributed by atoms with van der Waals surface area (Å²) in [5.41, 5.74) is 25.0. The van der Waals surface area contributed by atoms with Gasteiger partial charge in [-0.25, -0.2) is 0 Å². The normalized spacial score (nSPS) is 15.6. The van der Waals surface area contributed by atoms with Crippen molar-refractivity contribution in [2.75, 3.05) is 4.90 Å². The van der Waals surface area contributed by atoms with Crippen LogP contribution < -0.4 is 4.90 Å². The molecule has 2 heteroatoms. The SMILES string of the molecule is CC1(C)c2ccccc2-c2ccc(N(c3ccc(-c4cccc5c4-c4ccccc4C54c5ccccc5-c5c4ccc4c5oc5ccccc54)cc3)c3ccccc3-c3ccccc3)cc21. The maximum atomic E-state index is 6.79. The van der Waals surface area contributed by atoms with Crippen LogP contribution in [0.5, 0.6) is 0 Å². The quantitative estimate of drug-likeness (QED) is 0.172. The molecule has 14 rings (SSSR count). The van der Waals surface area contributed by atoms with Crippen LogP contribution in [-0.2, 0) is 10.8 Å². The molecule has 2 nitrogen and oxygen atoms in total.